The number of halogens is 1. The van der Waals surface area contributed by atoms with Crippen molar-refractivity contribution >= 4 is 38.9 Å². The lowest BCUT2D eigenvalue weighted by Gasteiger charge is -2.20. The van der Waals surface area contributed by atoms with Crippen LogP contribution in [0.15, 0.2) is 44.4 Å². The second-order valence-corrected chi connectivity index (χ2v) is 10.2. The Hall–Kier alpha value is -2.27. The molecule has 0 bridgehead atoms. The van der Waals surface area contributed by atoms with Crippen LogP contribution in [0.1, 0.15) is 41.9 Å². The van der Waals surface area contributed by atoms with Crippen LogP contribution in [0.25, 0.3) is 11.5 Å². The molecule has 2 aromatic heterocycles. The zero-order valence-electron chi connectivity index (χ0n) is 16.5. The molecule has 1 aromatic carbocycles. The molecule has 4 rings (SSSR count). The summed E-state index contributed by atoms with van der Waals surface area (Å²) in [6, 6.07) is 5.93. The first-order valence-corrected chi connectivity index (χ1v) is 12.5. The quantitative estimate of drug-likeness (QED) is 0.481. The van der Waals surface area contributed by atoms with Gasteiger partial charge < -0.3 is 9.26 Å². The van der Waals surface area contributed by atoms with Gasteiger partial charge in [0, 0.05) is 18.5 Å². The van der Waals surface area contributed by atoms with E-state index in [0.29, 0.717) is 19.0 Å². The van der Waals surface area contributed by atoms with Crippen LogP contribution in [-0.4, -0.2) is 41.9 Å². The molecule has 0 aliphatic carbocycles. The van der Waals surface area contributed by atoms with Gasteiger partial charge in [-0.25, -0.2) is 13.2 Å². The van der Waals surface area contributed by atoms with E-state index in [0.717, 1.165) is 31.2 Å². The summed E-state index contributed by atoms with van der Waals surface area (Å²) in [7, 11) is -3.81. The van der Waals surface area contributed by atoms with Gasteiger partial charge in [0.15, 0.2) is 6.61 Å². The number of carbonyl (C=O) groups excluding carboxylic acids is 1. The lowest BCUT2D eigenvalue weighted by atomic mass is 10.2. The lowest BCUT2D eigenvalue weighted by Crippen LogP contribution is -2.32. The first kappa shape index (κ1) is 21.9. The van der Waals surface area contributed by atoms with Crippen molar-refractivity contribution in [3.63, 3.8) is 0 Å². The Kier molecular flexibility index (Phi) is 6.71. The second-order valence-electron chi connectivity index (χ2n) is 7.07. The lowest BCUT2D eigenvalue weighted by molar-refractivity contribution is 0.0459. The molecule has 8 nitrogen and oxygen atoms in total. The number of ether oxygens (including phenoxy) is 1. The standard InChI is InChI=1S/C20H20ClN3O5S2/c21-16-6-5-14(11-17(16)31(26,27)24-8-3-1-2-4-9-24)20(25)28-12-18-22-19(29-23-18)15-7-10-30-13-15/h5-7,10-11,13H,1-4,8-9,12H2. The molecule has 1 aliphatic rings. The monoisotopic (exact) mass is 481 g/mol. The fourth-order valence-electron chi connectivity index (χ4n) is 3.28. The van der Waals surface area contributed by atoms with E-state index < -0.39 is 16.0 Å². The normalized spacial score (nSPS) is 15.5. The van der Waals surface area contributed by atoms with Gasteiger partial charge in [-0.05, 0) is 42.5 Å². The minimum atomic E-state index is -3.81. The predicted molar refractivity (Wildman–Crippen MR) is 115 cm³/mol. The molecule has 0 N–H and O–H groups in total. The first-order chi connectivity index (χ1) is 14.9. The van der Waals surface area contributed by atoms with Gasteiger partial charge >= 0.3 is 5.97 Å². The Morgan fingerprint density at radius 2 is 1.97 bits per heavy atom. The van der Waals surface area contributed by atoms with Crippen molar-refractivity contribution in [1.29, 1.82) is 0 Å². The van der Waals surface area contributed by atoms with Crippen molar-refractivity contribution in [2.24, 2.45) is 0 Å². The average molecular weight is 482 g/mol. The third-order valence-electron chi connectivity index (χ3n) is 4.92. The molecule has 164 valence electrons. The molecule has 1 aliphatic heterocycles. The topological polar surface area (TPSA) is 103 Å². The first-order valence-electron chi connectivity index (χ1n) is 9.77. The number of hydrogen-bond acceptors (Lipinski definition) is 8. The minimum Gasteiger partial charge on any atom is -0.454 e. The number of hydrogen-bond donors (Lipinski definition) is 0. The second kappa shape index (κ2) is 9.47. The molecule has 1 saturated heterocycles. The van der Waals surface area contributed by atoms with Crippen molar-refractivity contribution in [2.45, 2.75) is 37.2 Å². The highest BCUT2D eigenvalue weighted by atomic mass is 35.5. The molecule has 3 heterocycles. The van der Waals surface area contributed by atoms with E-state index in [9.17, 15) is 13.2 Å². The third kappa shape index (κ3) is 4.98. The maximum absolute atomic E-state index is 13.1. The van der Waals surface area contributed by atoms with E-state index in [2.05, 4.69) is 10.1 Å². The maximum atomic E-state index is 13.1. The predicted octanol–water partition coefficient (Wildman–Crippen LogP) is 4.37. The fraction of sp³-hybridized carbons (Fsp3) is 0.350. The number of thiophene rings is 1. The smallest absolute Gasteiger partial charge is 0.338 e. The van der Waals surface area contributed by atoms with Crippen LogP contribution in [0.2, 0.25) is 5.02 Å². The number of esters is 1. The highest BCUT2D eigenvalue weighted by Gasteiger charge is 2.28. The number of sulfonamides is 1. The Bertz CT molecular complexity index is 1150. The van der Waals surface area contributed by atoms with E-state index in [1.807, 2.05) is 16.8 Å². The van der Waals surface area contributed by atoms with Gasteiger partial charge in [0.1, 0.15) is 4.90 Å². The van der Waals surface area contributed by atoms with Gasteiger partial charge in [-0.3, -0.25) is 0 Å². The number of nitrogens with zero attached hydrogens (tertiary/aromatic N) is 3. The SMILES string of the molecule is O=C(OCc1noc(-c2ccsc2)n1)c1ccc(Cl)c(S(=O)(=O)N2CCCCCC2)c1. The summed E-state index contributed by atoms with van der Waals surface area (Å²) in [4.78, 5) is 16.6. The highest BCUT2D eigenvalue weighted by Crippen LogP contribution is 2.28. The number of carbonyl (C=O) groups is 1. The van der Waals surface area contributed by atoms with Gasteiger partial charge in [0.2, 0.25) is 15.8 Å². The van der Waals surface area contributed by atoms with E-state index in [1.54, 1.807) is 0 Å². The van der Waals surface area contributed by atoms with Crippen LogP contribution >= 0.6 is 22.9 Å². The van der Waals surface area contributed by atoms with Crippen molar-refractivity contribution < 1.29 is 22.5 Å². The van der Waals surface area contributed by atoms with Crippen LogP contribution in [0.4, 0.5) is 0 Å². The summed E-state index contributed by atoms with van der Waals surface area (Å²) in [6.45, 7) is 0.679. The summed E-state index contributed by atoms with van der Waals surface area (Å²) >= 11 is 7.68. The van der Waals surface area contributed by atoms with Gasteiger partial charge in [0.05, 0.1) is 16.1 Å². The van der Waals surface area contributed by atoms with Crippen molar-refractivity contribution in [2.75, 3.05) is 13.1 Å². The summed E-state index contributed by atoms with van der Waals surface area (Å²) in [5, 5.41) is 7.62. The Balaban J connectivity index is 1.48. The molecular weight excluding hydrogens is 462 g/mol. The molecule has 0 radical (unpaired) electrons. The van der Waals surface area contributed by atoms with Crippen molar-refractivity contribution in [3.05, 3.63) is 51.4 Å². The van der Waals surface area contributed by atoms with Crippen LogP contribution in [0.5, 0.6) is 0 Å². The van der Waals surface area contributed by atoms with Crippen LogP contribution in [-0.2, 0) is 21.4 Å². The zero-order chi connectivity index (χ0) is 21.8. The molecule has 3 aromatic rings. The van der Waals surface area contributed by atoms with Gasteiger partial charge in [-0.1, -0.05) is 29.6 Å². The molecule has 0 unspecified atom stereocenters. The number of benzene rings is 1. The molecule has 0 amide bonds. The van der Waals surface area contributed by atoms with Gasteiger partial charge in [0.25, 0.3) is 5.89 Å². The summed E-state index contributed by atoms with van der Waals surface area (Å²) in [5.41, 5.74) is 0.871. The Labute approximate surface area is 188 Å². The van der Waals surface area contributed by atoms with Crippen molar-refractivity contribution in [1.82, 2.24) is 14.4 Å². The van der Waals surface area contributed by atoms with Crippen LogP contribution in [0, 0.1) is 0 Å². The Morgan fingerprint density at radius 1 is 1.19 bits per heavy atom. The molecule has 31 heavy (non-hydrogen) atoms. The van der Waals surface area contributed by atoms with Gasteiger partial charge in [-0.15, -0.1) is 0 Å². The zero-order valence-corrected chi connectivity index (χ0v) is 18.9. The molecule has 1 fully saturated rings. The van der Waals surface area contributed by atoms with E-state index in [-0.39, 0.29) is 27.9 Å². The fourth-order valence-corrected chi connectivity index (χ4v) is 5.93. The largest absolute Gasteiger partial charge is 0.454 e. The van der Waals surface area contributed by atoms with Gasteiger partial charge in [-0.2, -0.15) is 20.6 Å². The number of rotatable bonds is 6. The summed E-state index contributed by atoms with van der Waals surface area (Å²) in [5.74, 6) is -0.156. The molecular formula is C20H20ClN3O5S2. The molecule has 0 spiro atoms. The van der Waals surface area contributed by atoms with Crippen molar-refractivity contribution in [3.8, 4) is 11.5 Å². The summed E-state index contributed by atoms with van der Waals surface area (Å²) in [6.07, 6.45) is 3.60. The van der Waals surface area contributed by atoms with Crippen LogP contribution < -0.4 is 0 Å². The van der Waals surface area contributed by atoms with E-state index in [1.165, 1.54) is 33.8 Å². The number of aromatic nitrogens is 2. The van der Waals surface area contributed by atoms with E-state index in [4.69, 9.17) is 20.9 Å². The summed E-state index contributed by atoms with van der Waals surface area (Å²) < 4.78 is 38.0. The molecule has 0 saturated carbocycles. The van der Waals surface area contributed by atoms with Crippen LogP contribution in [0.3, 0.4) is 0 Å². The molecule has 11 heteroatoms. The highest BCUT2D eigenvalue weighted by molar-refractivity contribution is 7.89. The Morgan fingerprint density at radius 3 is 2.68 bits per heavy atom. The minimum absolute atomic E-state index is 0.0689. The van der Waals surface area contributed by atoms with E-state index >= 15 is 0 Å². The maximum Gasteiger partial charge on any atom is 0.338 e. The average Bonchev–Trinajstić information content (AvgIpc) is 3.38. The molecule has 0 atom stereocenters. The third-order valence-corrected chi connectivity index (χ3v) is 7.98.